The van der Waals surface area contributed by atoms with Crippen LogP contribution in [0.2, 0.25) is 0 Å². The molecular formula is C10H23NO. The van der Waals surface area contributed by atoms with E-state index in [2.05, 4.69) is 46.6 Å². The van der Waals surface area contributed by atoms with E-state index in [-0.39, 0.29) is 0 Å². The Labute approximate surface area is 76.9 Å². The summed E-state index contributed by atoms with van der Waals surface area (Å²) in [6.07, 6.45) is 0. The summed E-state index contributed by atoms with van der Waals surface area (Å²) in [6, 6.07) is 0.924. The van der Waals surface area contributed by atoms with Crippen molar-refractivity contribution in [2.45, 2.75) is 53.6 Å². The summed E-state index contributed by atoms with van der Waals surface area (Å²) in [5.74, 6) is 0.602. The Morgan fingerprint density at radius 2 is 1.33 bits per heavy atom. The summed E-state index contributed by atoms with van der Waals surface area (Å²) in [4.78, 5) is 5.66. The molecule has 0 N–H and O–H groups in total. The predicted molar refractivity (Wildman–Crippen MR) is 52.9 cm³/mol. The lowest BCUT2D eigenvalue weighted by Gasteiger charge is -2.29. The first kappa shape index (κ1) is 11.9. The Morgan fingerprint density at radius 1 is 0.917 bits per heavy atom. The van der Waals surface area contributed by atoms with Crippen molar-refractivity contribution in [3.8, 4) is 0 Å². The largest absolute Gasteiger partial charge is 0.298 e. The predicted octanol–water partition coefficient (Wildman–Crippen LogP) is 2.69. The zero-order valence-electron chi connectivity index (χ0n) is 9.29. The fourth-order valence-electron chi connectivity index (χ4n) is 1.13. The molecule has 0 aliphatic heterocycles. The average molecular weight is 173 g/mol. The Kier molecular flexibility index (Phi) is 5.51. The van der Waals surface area contributed by atoms with Gasteiger partial charge in [0.2, 0.25) is 0 Å². The summed E-state index contributed by atoms with van der Waals surface area (Å²) < 4.78 is 0. The molecule has 74 valence electrons. The smallest absolute Gasteiger partial charge is 0.0708 e. The van der Waals surface area contributed by atoms with Crippen LogP contribution in [0.25, 0.3) is 0 Å². The second kappa shape index (κ2) is 5.55. The third-order valence-electron chi connectivity index (χ3n) is 1.57. The van der Waals surface area contributed by atoms with Gasteiger partial charge in [0.05, 0.1) is 6.61 Å². The fraction of sp³-hybridized carbons (Fsp3) is 1.00. The van der Waals surface area contributed by atoms with Gasteiger partial charge in [0.15, 0.2) is 0 Å². The van der Waals surface area contributed by atoms with E-state index in [9.17, 15) is 0 Å². The molecule has 0 atom stereocenters. The lowest BCUT2D eigenvalue weighted by molar-refractivity contribution is -0.205. The third-order valence-corrected chi connectivity index (χ3v) is 1.57. The quantitative estimate of drug-likeness (QED) is 0.593. The first-order valence-corrected chi connectivity index (χ1v) is 4.86. The molecule has 0 amide bonds. The molecule has 0 fully saturated rings. The van der Waals surface area contributed by atoms with Crippen molar-refractivity contribution in [1.82, 2.24) is 5.06 Å². The second-order valence-corrected chi connectivity index (χ2v) is 4.24. The molecule has 0 saturated carbocycles. The zero-order valence-corrected chi connectivity index (χ0v) is 9.29. The van der Waals surface area contributed by atoms with Crippen molar-refractivity contribution in [2.24, 2.45) is 5.92 Å². The van der Waals surface area contributed by atoms with Crippen molar-refractivity contribution in [3.05, 3.63) is 0 Å². The molecule has 0 radical (unpaired) electrons. The first-order valence-electron chi connectivity index (χ1n) is 4.86. The molecule has 0 saturated heterocycles. The van der Waals surface area contributed by atoms with Crippen molar-refractivity contribution >= 4 is 0 Å². The van der Waals surface area contributed by atoms with Crippen LogP contribution in [0.3, 0.4) is 0 Å². The Morgan fingerprint density at radius 3 is 1.58 bits per heavy atom. The van der Waals surface area contributed by atoms with E-state index < -0.39 is 0 Å². The summed E-state index contributed by atoms with van der Waals surface area (Å²) >= 11 is 0. The summed E-state index contributed by atoms with van der Waals surface area (Å²) in [5, 5.41) is 2.06. The second-order valence-electron chi connectivity index (χ2n) is 4.24. The molecule has 0 aromatic heterocycles. The topological polar surface area (TPSA) is 12.5 Å². The molecule has 0 heterocycles. The highest BCUT2D eigenvalue weighted by Gasteiger charge is 2.13. The van der Waals surface area contributed by atoms with Gasteiger partial charge in [0.25, 0.3) is 0 Å². The molecule has 0 unspecified atom stereocenters. The van der Waals surface area contributed by atoms with E-state index in [1.165, 1.54) is 0 Å². The normalized spacial score (nSPS) is 12.5. The van der Waals surface area contributed by atoms with Gasteiger partial charge in [-0.3, -0.25) is 4.84 Å². The highest BCUT2D eigenvalue weighted by Crippen LogP contribution is 2.07. The zero-order chi connectivity index (χ0) is 9.72. The van der Waals surface area contributed by atoms with Crippen LogP contribution in [0.4, 0.5) is 0 Å². The number of hydrogen-bond donors (Lipinski definition) is 0. The number of hydrogen-bond acceptors (Lipinski definition) is 2. The number of nitrogens with zero attached hydrogens (tertiary/aromatic N) is 1. The van der Waals surface area contributed by atoms with Crippen LogP contribution < -0.4 is 0 Å². The van der Waals surface area contributed by atoms with Gasteiger partial charge in [-0.05, 0) is 33.6 Å². The minimum absolute atomic E-state index is 0.462. The van der Waals surface area contributed by atoms with Crippen LogP contribution in [-0.2, 0) is 4.84 Å². The van der Waals surface area contributed by atoms with Gasteiger partial charge >= 0.3 is 0 Å². The number of hydroxylamine groups is 2. The molecule has 2 heteroatoms. The van der Waals surface area contributed by atoms with E-state index in [1.807, 2.05) is 0 Å². The molecule has 0 spiro atoms. The van der Waals surface area contributed by atoms with Gasteiger partial charge in [-0.15, -0.1) is 0 Å². The van der Waals surface area contributed by atoms with Gasteiger partial charge in [0.1, 0.15) is 0 Å². The molecule has 0 aromatic carbocycles. The first-order chi connectivity index (χ1) is 5.45. The lowest BCUT2D eigenvalue weighted by Crippen LogP contribution is -2.37. The van der Waals surface area contributed by atoms with Crippen LogP contribution in [0.5, 0.6) is 0 Å². The molecular weight excluding hydrogens is 150 g/mol. The van der Waals surface area contributed by atoms with E-state index in [4.69, 9.17) is 4.84 Å². The fourth-order valence-corrected chi connectivity index (χ4v) is 1.13. The Balaban J connectivity index is 3.80. The van der Waals surface area contributed by atoms with Crippen molar-refractivity contribution < 1.29 is 4.84 Å². The highest BCUT2D eigenvalue weighted by atomic mass is 16.7. The molecule has 12 heavy (non-hydrogen) atoms. The molecule has 0 bridgehead atoms. The summed E-state index contributed by atoms with van der Waals surface area (Å²) in [6.45, 7) is 13.8. The maximum atomic E-state index is 5.66. The molecule has 0 aromatic rings. The molecule has 0 aliphatic rings. The van der Waals surface area contributed by atoms with Gasteiger partial charge in [-0.2, -0.15) is 5.06 Å². The minimum Gasteiger partial charge on any atom is -0.298 e. The van der Waals surface area contributed by atoms with Crippen molar-refractivity contribution in [2.75, 3.05) is 6.61 Å². The molecule has 0 aliphatic carbocycles. The third kappa shape index (κ3) is 4.73. The van der Waals surface area contributed by atoms with Crippen molar-refractivity contribution in [3.63, 3.8) is 0 Å². The number of rotatable bonds is 5. The highest BCUT2D eigenvalue weighted by molar-refractivity contribution is 4.57. The Bertz CT molecular complexity index is 102. The summed E-state index contributed by atoms with van der Waals surface area (Å²) in [5.41, 5.74) is 0. The van der Waals surface area contributed by atoms with Gasteiger partial charge in [0, 0.05) is 12.1 Å². The molecule has 0 rings (SSSR count). The van der Waals surface area contributed by atoms with E-state index in [0.29, 0.717) is 18.0 Å². The van der Waals surface area contributed by atoms with Crippen LogP contribution in [-0.4, -0.2) is 23.8 Å². The average Bonchev–Trinajstić information content (AvgIpc) is 1.84. The minimum atomic E-state index is 0.462. The van der Waals surface area contributed by atoms with Gasteiger partial charge in [-0.25, -0.2) is 0 Å². The van der Waals surface area contributed by atoms with E-state index in [0.717, 1.165) is 6.61 Å². The SMILES string of the molecule is CC(C)CON(C(C)C)C(C)C. The maximum Gasteiger partial charge on any atom is 0.0708 e. The van der Waals surface area contributed by atoms with E-state index in [1.54, 1.807) is 0 Å². The van der Waals surface area contributed by atoms with E-state index >= 15 is 0 Å². The van der Waals surface area contributed by atoms with Crippen LogP contribution in [0, 0.1) is 5.92 Å². The van der Waals surface area contributed by atoms with Gasteiger partial charge < -0.3 is 0 Å². The molecule has 2 nitrogen and oxygen atoms in total. The summed E-state index contributed by atoms with van der Waals surface area (Å²) in [7, 11) is 0. The standard InChI is InChI=1S/C10H23NO/c1-8(2)7-12-11(9(3)4)10(5)6/h8-10H,7H2,1-6H3. The lowest BCUT2D eigenvalue weighted by atomic mass is 10.2. The van der Waals surface area contributed by atoms with Crippen LogP contribution in [0.15, 0.2) is 0 Å². The maximum absolute atomic E-state index is 5.66. The Hall–Kier alpha value is -0.0800. The van der Waals surface area contributed by atoms with Gasteiger partial charge in [-0.1, -0.05) is 13.8 Å². The van der Waals surface area contributed by atoms with Crippen LogP contribution >= 0.6 is 0 Å². The van der Waals surface area contributed by atoms with Crippen LogP contribution in [0.1, 0.15) is 41.5 Å². The van der Waals surface area contributed by atoms with Crippen molar-refractivity contribution in [1.29, 1.82) is 0 Å². The monoisotopic (exact) mass is 173 g/mol.